The van der Waals surface area contributed by atoms with Gasteiger partial charge in [0, 0.05) is 0 Å². The molecule has 0 fully saturated rings. The highest BCUT2D eigenvalue weighted by Crippen LogP contribution is 2.09. The molecular formula is C9H7NO3. The van der Waals surface area contributed by atoms with Crippen LogP contribution in [0.3, 0.4) is 0 Å². The van der Waals surface area contributed by atoms with Gasteiger partial charge in [-0.15, -0.1) is 0 Å². The van der Waals surface area contributed by atoms with Gasteiger partial charge in [-0.3, -0.25) is 0 Å². The van der Waals surface area contributed by atoms with Gasteiger partial charge in [0.05, 0.1) is 12.5 Å². The Morgan fingerprint density at radius 3 is 3.00 bits per heavy atom. The van der Waals surface area contributed by atoms with Crippen molar-refractivity contribution in [2.75, 3.05) is 0 Å². The second kappa shape index (κ2) is 4.12. The molecule has 1 rings (SSSR count). The van der Waals surface area contributed by atoms with Crippen LogP contribution in [0.2, 0.25) is 0 Å². The summed E-state index contributed by atoms with van der Waals surface area (Å²) in [5, 5.41) is 16.7. The van der Waals surface area contributed by atoms with Crippen molar-refractivity contribution in [2.24, 2.45) is 0 Å². The number of rotatable bonds is 3. The topological polar surface area (TPSA) is 74.2 Å². The lowest BCUT2D eigenvalue weighted by Gasteiger charge is -1.84. The molecule has 0 saturated carbocycles. The number of aromatic carboxylic acids is 1. The zero-order valence-electron chi connectivity index (χ0n) is 6.73. The van der Waals surface area contributed by atoms with Crippen molar-refractivity contribution in [1.82, 2.24) is 0 Å². The van der Waals surface area contributed by atoms with E-state index in [1.165, 1.54) is 12.1 Å². The van der Waals surface area contributed by atoms with Crippen molar-refractivity contribution < 1.29 is 14.3 Å². The number of nitriles is 1. The summed E-state index contributed by atoms with van der Waals surface area (Å²) in [6, 6.07) is 4.83. The van der Waals surface area contributed by atoms with E-state index < -0.39 is 5.97 Å². The van der Waals surface area contributed by atoms with Crippen LogP contribution < -0.4 is 0 Å². The van der Waals surface area contributed by atoms with Crippen molar-refractivity contribution in [3.05, 3.63) is 29.7 Å². The fourth-order valence-corrected chi connectivity index (χ4v) is 0.785. The van der Waals surface area contributed by atoms with Crippen LogP contribution in [0.1, 0.15) is 22.7 Å². The summed E-state index contributed by atoms with van der Waals surface area (Å²) in [7, 11) is 0. The maximum absolute atomic E-state index is 10.4. The van der Waals surface area contributed by atoms with Crippen LogP contribution in [0, 0.1) is 11.3 Å². The Balaban J connectivity index is 2.70. The predicted octanol–water partition coefficient (Wildman–Crippen LogP) is 1.90. The van der Waals surface area contributed by atoms with Gasteiger partial charge in [-0.2, -0.15) is 5.26 Å². The molecule has 66 valence electrons. The third-order valence-electron chi connectivity index (χ3n) is 1.33. The van der Waals surface area contributed by atoms with E-state index in [9.17, 15) is 4.79 Å². The van der Waals surface area contributed by atoms with Gasteiger partial charge in [0.15, 0.2) is 0 Å². The molecule has 0 aliphatic heterocycles. The number of allylic oxidation sites excluding steroid dienone is 1. The molecule has 0 aromatic carbocycles. The molecule has 1 aromatic heterocycles. The number of nitrogens with zero attached hydrogens (tertiary/aromatic N) is 1. The molecule has 1 aromatic rings. The van der Waals surface area contributed by atoms with Gasteiger partial charge in [-0.1, -0.05) is 6.08 Å². The Labute approximate surface area is 74.7 Å². The largest absolute Gasteiger partial charge is 0.475 e. The molecule has 4 nitrogen and oxygen atoms in total. The molecule has 1 heterocycles. The van der Waals surface area contributed by atoms with Crippen LogP contribution >= 0.6 is 0 Å². The van der Waals surface area contributed by atoms with Gasteiger partial charge >= 0.3 is 5.97 Å². The fraction of sp³-hybridized carbons (Fsp3) is 0.111. The Bertz CT molecular complexity index is 370. The number of furan rings is 1. The maximum Gasteiger partial charge on any atom is 0.371 e. The Morgan fingerprint density at radius 1 is 1.69 bits per heavy atom. The average Bonchev–Trinajstić information content (AvgIpc) is 2.53. The summed E-state index contributed by atoms with van der Waals surface area (Å²) in [6.07, 6.45) is 3.45. The van der Waals surface area contributed by atoms with E-state index in [4.69, 9.17) is 14.8 Å². The minimum absolute atomic E-state index is 0.100. The number of hydrogen-bond acceptors (Lipinski definition) is 3. The molecule has 1 N–H and O–H groups in total. The van der Waals surface area contributed by atoms with E-state index in [1.54, 1.807) is 12.2 Å². The molecule has 0 aliphatic rings. The van der Waals surface area contributed by atoms with E-state index in [0.717, 1.165) is 0 Å². The van der Waals surface area contributed by atoms with Gasteiger partial charge in [0.1, 0.15) is 5.76 Å². The zero-order valence-corrected chi connectivity index (χ0v) is 6.73. The summed E-state index contributed by atoms with van der Waals surface area (Å²) in [5.74, 6) is -0.760. The third-order valence-corrected chi connectivity index (χ3v) is 1.33. The highest BCUT2D eigenvalue weighted by Gasteiger charge is 2.06. The number of hydrogen-bond donors (Lipinski definition) is 1. The summed E-state index contributed by atoms with van der Waals surface area (Å²) in [5.41, 5.74) is 0. The fourth-order valence-electron chi connectivity index (χ4n) is 0.785. The van der Waals surface area contributed by atoms with Crippen molar-refractivity contribution in [3.63, 3.8) is 0 Å². The summed E-state index contributed by atoms with van der Waals surface area (Å²) in [6.45, 7) is 0. The van der Waals surface area contributed by atoms with Gasteiger partial charge < -0.3 is 9.52 Å². The smallest absolute Gasteiger partial charge is 0.371 e. The van der Waals surface area contributed by atoms with Gasteiger partial charge in [-0.25, -0.2) is 4.79 Å². The number of carboxylic acid groups (broad SMARTS) is 1. The predicted molar refractivity (Wildman–Crippen MR) is 44.9 cm³/mol. The van der Waals surface area contributed by atoms with Crippen molar-refractivity contribution >= 4 is 12.0 Å². The molecule has 0 spiro atoms. The molecule has 4 heteroatoms. The van der Waals surface area contributed by atoms with Crippen LogP contribution in [0.4, 0.5) is 0 Å². The Kier molecular flexibility index (Phi) is 2.87. The average molecular weight is 177 g/mol. The standard InChI is InChI=1S/C9H7NO3/c10-6-2-1-3-7-4-5-8(13-7)9(11)12/h1,3-5H,2H2,(H,11,12). The van der Waals surface area contributed by atoms with Crippen LogP contribution in [-0.4, -0.2) is 11.1 Å². The molecule has 13 heavy (non-hydrogen) atoms. The molecule has 0 amide bonds. The quantitative estimate of drug-likeness (QED) is 0.765. The second-order valence-electron chi connectivity index (χ2n) is 2.27. The monoisotopic (exact) mass is 177 g/mol. The molecule has 0 atom stereocenters. The first-order valence-electron chi connectivity index (χ1n) is 3.60. The Hall–Kier alpha value is -2.02. The number of carbonyl (C=O) groups is 1. The first-order chi connectivity index (χ1) is 6.24. The van der Waals surface area contributed by atoms with E-state index in [0.29, 0.717) is 5.76 Å². The van der Waals surface area contributed by atoms with Gasteiger partial charge in [0.25, 0.3) is 0 Å². The minimum Gasteiger partial charge on any atom is -0.475 e. The lowest BCUT2D eigenvalue weighted by Crippen LogP contribution is -1.91. The van der Waals surface area contributed by atoms with Gasteiger partial charge in [-0.05, 0) is 18.2 Å². The minimum atomic E-state index is -1.10. The Morgan fingerprint density at radius 2 is 2.46 bits per heavy atom. The first-order valence-corrected chi connectivity index (χ1v) is 3.60. The summed E-state index contributed by atoms with van der Waals surface area (Å²) >= 11 is 0. The van der Waals surface area contributed by atoms with Crippen molar-refractivity contribution in [1.29, 1.82) is 5.26 Å². The van der Waals surface area contributed by atoms with E-state index >= 15 is 0 Å². The van der Waals surface area contributed by atoms with E-state index in [-0.39, 0.29) is 12.2 Å². The normalized spacial score (nSPS) is 10.1. The molecule has 0 saturated heterocycles. The SMILES string of the molecule is N#CCC=Cc1ccc(C(=O)O)o1. The van der Waals surface area contributed by atoms with Crippen LogP contribution in [0.15, 0.2) is 22.6 Å². The third kappa shape index (κ3) is 2.49. The van der Waals surface area contributed by atoms with Crippen molar-refractivity contribution in [2.45, 2.75) is 6.42 Å². The van der Waals surface area contributed by atoms with Gasteiger partial charge in [0.2, 0.25) is 5.76 Å². The summed E-state index contributed by atoms with van der Waals surface area (Å²) < 4.78 is 4.90. The molecule has 0 unspecified atom stereocenters. The lowest BCUT2D eigenvalue weighted by atomic mass is 10.3. The maximum atomic E-state index is 10.4. The molecule has 0 radical (unpaired) electrons. The molecule has 0 aliphatic carbocycles. The van der Waals surface area contributed by atoms with Crippen molar-refractivity contribution in [3.8, 4) is 6.07 Å². The molecule has 0 bridgehead atoms. The summed E-state index contributed by atoms with van der Waals surface area (Å²) in [4.78, 5) is 10.4. The number of carboxylic acids is 1. The van der Waals surface area contributed by atoms with Crippen LogP contribution in [0.25, 0.3) is 6.08 Å². The van der Waals surface area contributed by atoms with Crippen LogP contribution in [-0.2, 0) is 0 Å². The first kappa shape index (κ1) is 9.07. The second-order valence-corrected chi connectivity index (χ2v) is 2.27. The van der Waals surface area contributed by atoms with Crippen LogP contribution in [0.5, 0.6) is 0 Å². The highest BCUT2D eigenvalue weighted by molar-refractivity contribution is 5.84. The zero-order chi connectivity index (χ0) is 9.68. The lowest BCUT2D eigenvalue weighted by molar-refractivity contribution is 0.0662. The van der Waals surface area contributed by atoms with E-state index in [2.05, 4.69) is 0 Å². The molecular weight excluding hydrogens is 170 g/mol. The van der Waals surface area contributed by atoms with E-state index in [1.807, 2.05) is 6.07 Å². The highest BCUT2D eigenvalue weighted by atomic mass is 16.4.